The fourth-order valence-corrected chi connectivity index (χ4v) is 9.18. The van der Waals surface area contributed by atoms with Crippen molar-refractivity contribution < 1.29 is 4.42 Å². The van der Waals surface area contributed by atoms with E-state index in [0.29, 0.717) is 17.5 Å². The Morgan fingerprint density at radius 2 is 0.662 bits per heavy atom. The number of rotatable bonds is 8. The second-order valence-electron chi connectivity index (χ2n) is 16.3. The molecule has 0 bridgehead atoms. The first kappa shape index (κ1) is 38.0. The first-order chi connectivity index (χ1) is 32.2. The standard InChI is InChI=1S/C61H39N3O/c1-4-15-40(16-5-1)42-31-33-44(34-32-42)47-21-10-22-48(39-47)50-24-12-28-54-57-55(29-14-30-56(57)65-58(50)54)61-63-59(46-37-35-43(36-38-46)41-17-6-2-7-18-41)62-60(64-61)53-27-13-25-51-49(23-11-26-52(51)53)45-19-8-3-9-20-45/h1-39H. The summed E-state index contributed by atoms with van der Waals surface area (Å²) in [5.41, 5.74) is 15.7. The fraction of sp³-hybridized carbons (Fsp3) is 0. The van der Waals surface area contributed by atoms with Crippen molar-refractivity contribution >= 4 is 32.7 Å². The largest absolute Gasteiger partial charge is 0.455 e. The Morgan fingerprint density at radius 3 is 1.31 bits per heavy atom. The van der Waals surface area contributed by atoms with Crippen molar-refractivity contribution in [3.63, 3.8) is 0 Å². The summed E-state index contributed by atoms with van der Waals surface area (Å²) in [6, 6.07) is 82.8. The zero-order valence-corrected chi connectivity index (χ0v) is 35.3. The van der Waals surface area contributed by atoms with Crippen molar-refractivity contribution in [1.82, 2.24) is 15.0 Å². The Bertz CT molecular complexity index is 3670. The highest BCUT2D eigenvalue weighted by Crippen LogP contribution is 2.42. The molecule has 304 valence electrons. The lowest BCUT2D eigenvalue weighted by Gasteiger charge is -2.13. The maximum atomic E-state index is 6.84. The number of benzene rings is 10. The van der Waals surface area contributed by atoms with E-state index in [1.807, 2.05) is 24.3 Å². The molecule has 12 aromatic rings. The number of hydrogen-bond donors (Lipinski definition) is 0. The third-order valence-electron chi connectivity index (χ3n) is 12.4. The van der Waals surface area contributed by atoms with Gasteiger partial charge in [-0.2, -0.15) is 0 Å². The fourth-order valence-electron chi connectivity index (χ4n) is 9.18. The number of nitrogens with zero attached hydrogens (tertiary/aromatic N) is 3. The van der Waals surface area contributed by atoms with Gasteiger partial charge in [0.15, 0.2) is 17.5 Å². The summed E-state index contributed by atoms with van der Waals surface area (Å²) in [6.07, 6.45) is 0. The van der Waals surface area contributed by atoms with Crippen LogP contribution in [0.1, 0.15) is 0 Å². The molecule has 0 unspecified atom stereocenters. The summed E-state index contributed by atoms with van der Waals surface area (Å²) < 4.78 is 6.84. The Morgan fingerprint density at radius 1 is 0.246 bits per heavy atom. The van der Waals surface area contributed by atoms with Crippen molar-refractivity contribution in [2.24, 2.45) is 0 Å². The topological polar surface area (TPSA) is 51.8 Å². The normalized spacial score (nSPS) is 11.4. The highest BCUT2D eigenvalue weighted by molar-refractivity contribution is 6.15. The second-order valence-corrected chi connectivity index (χ2v) is 16.3. The van der Waals surface area contributed by atoms with Gasteiger partial charge in [0.05, 0.1) is 0 Å². The van der Waals surface area contributed by atoms with E-state index in [4.69, 9.17) is 19.4 Å². The minimum absolute atomic E-state index is 0.577. The van der Waals surface area contributed by atoms with E-state index < -0.39 is 0 Å². The van der Waals surface area contributed by atoms with Gasteiger partial charge in [0.2, 0.25) is 0 Å². The predicted octanol–water partition coefficient (Wildman–Crippen LogP) is 16.3. The van der Waals surface area contributed by atoms with Gasteiger partial charge in [-0.15, -0.1) is 0 Å². The van der Waals surface area contributed by atoms with E-state index >= 15 is 0 Å². The van der Waals surface area contributed by atoms with Gasteiger partial charge < -0.3 is 4.42 Å². The maximum absolute atomic E-state index is 6.84. The monoisotopic (exact) mass is 829 g/mol. The van der Waals surface area contributed by atoms with E-state index in [9.17, 15) is 0 Å². The Labute approximate surface area is 376 Å². The average molecular weight is 830 g/mol. The van der Waals surface area contributed by atoms with Gasteiger partial charge >= 0.3 is 0 Å². The van der Waals surface area contributed by atoms with Crippen molar-refractivity contribution in [3.8, 4) is 89.8 Å². The molecule has 0 fully saturated rings. The molecule has 65 heavy (non-hydrogen) atoms. The van der Waals surface area contributed by atoms with Crippen LogP contribution in [0.5, 0.6) is 0 Å². The van der Waals surface area contributed by atoms with Crippen LogP contribution in [0, 0.1) is 0 Å². The van der Waals surface area contributed by atoms with Gasteiger partial charge in [-0.1, -0.05) is 224 Å². The first-order valence-corrected chi connectivity index (χ1v) is 21.9. The maximum Gasteiger partial charge on any atom is 0.164 e. The number of hydrogen-bond acceptors (Lipinski definition) is 4. The van der Waals surface area contributed by atoms with Crippen LogP contribution >= 0.6 is 0 Å². The lowest BCUT2D eigenvalue weighted by molar-refractivity contribution is 0.670. The van der Waals surface area contributed by atoms with Crippen LogP contribution in [0.3, 0.4) is 0 Å². The molecule has 4 nitrogen and oxygen atoms in total. The average Bonchev–Trinajstić information content (AvgIpc) is 3.78. The zero-order valence-electron chi connectivity index (χ0n) is 35.3. The summed E-state index contributed by atoms with van der Waals surface area (Å²) >= 11 is 0. The van der Waals surface area contributed by atoms with Crippen LogP contribution < -0.4 is 0 Å². The molecule has 10 aromatic carbocycles. The molecule has 0 N–H and O–H groups in total. The minimum atomic E-state index is 0.577. The van der Waals surface area contributed by atoms with Crippen LogP contribution in [0.2, 0.25) is 0 Å². The van der Waals surface area contributed by atoms with Crippen molar-refractivity contribution in [3.05, 3.63) is 237 Å². The molecule has 2 heterocycles. The molecule has 0 aliphatic rings. The molecule has 0 saturated heterocycles. The molecule has 0 spiro atoms. The number of fused-ring (bicyclic) bond motifs is 4. The van der Waals surface area contributed by atoms with Crippen molar-refractivity contribution in [2.75, 3.05) is 0 Å². The second kappa shape index (κ2) is 16.2. The highest BCUT2D eigenvalue weighted by atomic mass is 16.3. The van der Waals surface area contributed by atoms with Crippen LogP contribution in [0.25, 0.3) is 123 Å². The number of para-hydroxylation sites is 1. The Kier molecular flexibility index (Phi) is 9.46. The van der Waals surface area contributed by atoms with E-state index in [1.54, 1.807) is 0 Å². The van der Waals surface area contributed by atoms with E-state index in [2.05, 4.69) is 212 Å². The Balaban J connectivity index is 1.00. The predicted molar refractivity (Wildman–Crippen MR) is 268 cm³/mol. The molecular formula is C61H39N3O. The molecule has 0 aliphatic heterocycles. The first-order valence-electron chi connectivity index (χ1n) is 21.9. The molecule has 0 saturated carbocycles. The van der Waals surface area contributed by atoms with Gasteiger partial charge in [-0.05, 0) is 73.0 Å². The summed E-state index contributed by atoms with van der Waals surface area (Å²) in [6.45, 7) is 0. The van der Waals surface area contributed by atoms with E-state index in [-0.39, 0.29) is 0 Å². The van der Waals surface area contributed by atoms with Crippen LogP contribution in [-0.4, -0.2) is 15.0 Å². The Hall–Kier alpha value is -8.73. The summed E-state index contributed by atoms with van der Waals surface area (Å²) in [5.74, 6) is 1.78. The molecule has 0 aliphatic carbocycles. The molecular weight excluding hydrogens is 791 g/mol. The summed E-state index contributed by atoms with van der Waals surface area (Å²) in [7, 11) is 0. The van der Waals surface area contributed by atoms with Gasteiger partial charge in [0.1, 0.15) is 11.2 Å². The number of furan rings is 1. The van der Waals surface area contributed by atoms with Gasteiger partial charge in [0, 0.05) is 33.0 Å². The van der Waals surface area contributed by atoms with Gasteiger partial charge in [0.25, 0.3) is 0 Å². The molecule has 0 amide bonds. The SMILES string of the molecule is c1ccc(-c2ccc(-c3cccc(-c4cccc5c4oc4cccc(-c6nc(-c7ccc(-c8ccccc8)cc7)nc(-c7cccc8c(-c9ccccc9)cccc78)n6)c45)c3)cc2)cc1. The highest BCUT2D eigenvalue weighted by Gasteiger charge is 2.21. The van der Waals surface area contributed by atoms with Crippen LogP contribution in [-0.2, 0) is 0 Å². The summed E-state index contributed by atoms with van der Waals surface area (Å²) in [5, 5.41) is 4.17. The van der Waals surface area contributed by atoms with E-state index in [1.165, 1.54) is 11.1 Å². The smallest absolute Gasteiger partial charge is 0.164 e. The van der Waals surface area contributed by atoms with Gasteiger partial charge in [-0.3, -0.25) is 0 Å². The lowest BCUT2D eigenvalue weighted by atomic mass is 9.95. The quantitative estimate of drug-likeness (QED) is 0.153. The third kappa shape index (κ3) is 7.04. The van der Waals surface area contributed by atoms with Crippen molar-refractivity contribution in [1.29, 1.82) is 0 Å². The minimum Gasteiger partial charge on any atom is -0.455 e. The molecule has 4 heteroatoms. The van der Waals surface area contributed by atoms with Crippen LogP contribution in [0.15, 0.2) is 241 Å². The zero-order chi connectivity index (χ0) is 43.1. The molecule has 2 aromatic heterocycles. The third-order valence-corrected chi connectivity index (χ3v) is 12.4. The van der Waals surface area contributed by atoms with Crippen LogP contribution in [0.4, 0.5) is 0 Å². The molecule has 0 radical (unpaired) electrons. The molecule has 12 rings (SSSR count). The number of aromatic nitrogens is 3. The van der Waals surface area contributed by atoms with E-state index in [0.717, 1.165) is 93.9 Å². The van der Waals surface area contributed by atoms with Crippen molar-refractivity contribution in [2.45, 2.75) is 0 Å². The molecule has 0 atom stereocenters. The van der Waals surface area contributed by atoms with Gasteiger partial charge in [-0.25, -0.2) is 15.0 Å². The summed E-state index contributed by atoms with van der Waals surface area (Å²) in [4.78, 5) is 15.9. The lowest BCUT2D eigenvalue weighted by Crippen LogP contribution is -2.01.